The van der Waals surface area contributed by atoms with Gasteiger partial charge in [-0.05, 0) is 30.7 Å². The summed E-state index contributed by atoms with van der Waals surface area (Å²) in [7, 11) is -0.561. The Morgan fingerprint density at radius 2 is 1.71 bits per heavy atom. The SMILES string of the molecule is Cc1ccccc1Oc1cc(S(=O)(=O)N(C)C)ccc1N. The van der Waals surface area contributed by atoms with Crippen LogP contribution >= 0.6 is 0 Å². The molecular formula is C15H18N2O3S. The predicted octanol–water partition coefficient (Wildman–Crippen LogP) is 2.62. The third kappa shape index (κ3) is 3.17. The maximum absolute atomic E-state index is 12.1. The molecule has 0 saturated carbocycles. The second-order valence-electron chi connectivity index (χ2n) is 4.85. The molecule has 0 aliphatic rings. The summed E-state index contributed by atoms with van der Waals surface area (Å²) in [6.07, 6.45) is 0. The lowest BCUT2D eigenvalue weighted by atomic mass is 10.2. The van der Waals surface area contributed by atoms with Crippen molar-refractivity contribution in [2.45, 2.75) is 11.8 Å². The van der Waals surface area contributed by atoms with Gasteiger partial charge >= 0.3 is 0 Å². The van der Waals surface area contributed by atoms with Crippen molar-refractivity contribution in [2.75, 3.05) is 19.8 Å². The Hall–Kier alpha value is -2.05. The number of nitrogen functional groups attached to an aromatic ring is 1. The van der Waals surface area contributed by atoms with E-state index in [9.17, 15) is 8.42 Å². The van der Waals surface area contributed by atoms with Gasteiger partial charge in [-0.15, -0.1) is 0 Å². The fourth-order valence-corrected chi connectivity index (χ4v) is 2.68. The Kier molecular flexibility index (Phi) is 4.20. The first kappa shape index (κ1) is 15.3. The molecule has 2 aromatic rings. The lowest BCUT2D eigenvalue weighted by molar-refractivity contribution is 0.478. The zero-order chi connectivity index (χ0) is 15.6. The summed E-state index contributed by atoms with van der Waals surface area (Å²) in [5, 5.41) is 0. The van der Waals surface area contributed by atoms with E-state index in [2.05, 4.69) is 0 Å². The third-order valence-corrected chi connectivity index (χ3v) is 4.89. The van der Waals surface area contributed by atoms with Crippen LogP contribution < -0.4 is 10.5 Å². The van der Waals surface area contributed by atoms with Crippen LogP contribution in [-0.2, 0) is 10.0 Å². The van der Waals surface area contributed by atoms with Crippen LogP contribution in [0.25, 0.3) is 0 Å². The van der Waals surface area contributed by atoms with E-state index in [0.29, 0.717) is 17.2 Å². The fourth-order valence-electron chi connectivity index (χ4n) is 1.76. The molecule has 0 spiro atoms. The Balaban J connectivity index is 2.44. The minimum atomic E-state index is -3.52. The molecule has 112 valence electrons. The first-order valence-corrected chi connectivity index (χ1v) is 7.82. The average Bonchev–Trinajstić information content (AvgIpc) is 2.43. The van der Waals surface area contributed by atoms with Gasteiger partial charge in [0.05, 0.1) is 10.6 Å². The molecule has 5 nitrogen and oxygen atoms in total. The first-order valence-electron chi connectivity index (χ1n) is 6.38. The summed E-state index contributed by atoms with van der Waals surface area (Å²) in [5.74, 6) is 0.968. The number of sulfonamides is 1. The number of hydrogen-bond acceptors (Lipinski definition) is 4. The van der Waals surface area contributed by atoms with Crippen molar-refractivity contribution in [3.63, 3.8) is 0 Å². The molecule has 0 heterocycles. The van der Waals surface area contributed by atoms with E-state index in [1.165, 1.54) is 32.3 Å². The topological polar surface area (TPSA) is 72.6 Å². The van der Waals surface area contributed by atoms with Crippen LogP contribution in [0.4, 0.5) is 5.69 Å². The Morgan fingerprint density at radius 3 is 2.33 bits per heavy atom. The van der Waals surface area contributed by atoms with Gasteiger partial charge in [0.25, 0.3) is 0 Å². The average molecular weight is 306 g/mol. The van der Waals surface area contributed by atoms with E-state index in [0.717, 1.165) is 9.87 Å². The second kappa shape index (κ2) is 5.75. The molecule has 0 aliphatic carbocycles. The number of ether oxygens (including phenoxy) is 1. The van der Waals surface area contributed by atoms with E-state index in [4.69, 9.17) is 10.5 Å². The maximum atomic E-state index is 12.1. The summed E-state index contributed by atoms with van der Waals surface area (Å²) in [6.45, 7) is 1.91. The zero-order valence-electron chi connectivity index (χ0n) is 12.2. The molecule has 2 rings (SSSR count). The van der Waals surface area contributed by atoms with Gasteiger partial charge in [-0.2, -0.15) is 0 Å². The van der Waals surface area contributed by atoms with E-state index >= 15 is 0 Å². The van der Waals surface area contributed by atoms with Gasteiger partial charge in [0.15, 0.2) is 5.75 Å². The number of aryl methyl sites for hydroxylation is 1. The Bertz CT molecular complexity index is 755. The summed E-state index contributed by atoms with van der Waals surface area (Å²) >= 11 is 0. The smallest absolute Gasteiger partial charge is 0.242 e. The van der Waals surface area contributed by atoms with Gasteiger partial charge in [-0.3, -0.25) is 0 Å². The molecule has 6 heteroatoms. The monoisotopic (exact) mass is 306 g/mol. The highest BCUT2D eigenvalue weighted by Gasteiger charge is 2.19. The Labute approximate surface area is 125 Å². The van der Waals surface area contributed by atoms with Gasteiger partial charge in [0, 0.05) is 20.2 Å². The second-order valence-corrected chi connectivity index (χ2v) is 7.01. The summed E-state index contributed by atoms with van der Waals surface area (Å²) in [5.41, 5.74) is 7.20. The molecule has 0 fully saturated rings. The number of rotatable bonds is 4. The summed E-state index contributed by atoms with van der Waals surface area (Å²) < 4.78 is 31.2. The molecule has 0 amide bonds. The van der Waals surface area contributed by atoms with Crippen molar-refractivity contribution in [2.24, 2.45) is 0 Å². The molecule has 2 N–H and O–H groups in total. The van der Waals surface area contributed by atoms with Gasteiger partial charge in [0.2, 0.25) is 10.0 Å². The quantitative estimate of drug-likeness (QED) is 0.881. The highest BCUT2D eigenvalue weighted by atomic mass is 32.2. The van der Waals surface area contributed by atoms with Gasteiger partial charge in [-0.25, -0.2) is 12.7 Å². The van der Waals surface area contributed by atoms with E-state index < -0.39 is 10.0 Å². The number of anilines is 1. The summed E-state index contributed by atoms with van der Waals surface area (Å²) in [6, 6.07) is 11.9. The molecule has 21 heavy (non-hydrogen) atoms. The van der Waals surface area contributed by atoms with Crippen molar-refractivity contribution in [1.82, 2.24) is 4.31 Å². The number of hydrogen-bond donors (Lipinski definition) is 1. The van der Waals surface area contributed by atoms with E-state index in [-0.39, 0.29) is 4.90 Å². The number of benzene rings is 2. The largest absolute Gasteiger partial charge is 0.455 e. The molecule has 0 radical (unpaired) electrons. The molecule has 0 saturated heterocycles. The number of nitrogens with zero attached hydrogens (tertiary/aromatic N) is 1. The van der Waals surface area contributed by atoms with Gasteiger partial charge in [-0.1, -0.05) is 18.2 Å². The summed E-state index contributed by atoms with van der Waals surface area (Å²) in [4.78, 5) is 0.144. The van der Waals surface area contributed by atoms with Crippen LogP contribution in [0.5, 0.6) is 11.5 Å². The van der Waals surface area contributed by atoms with Crippen LogP contribution in [0.15, 0.2) is 47.4 Å². The fraction of sp³-hybridized carbons (Fsp3) is 0.200. The lowest BCUT2D eigenvalue weighted by Crippen LogP contribution is -2.22. The van der Waals surface area contributed by atoms with Crippen molar-refractivity contribution in [3.05, 3.63) is 48.0 Å². The Morgan fingerprint density at radius 1 is 1.05 bits per heavy atom. The minimum absolute atomic E-state index is 0.144. The van der Waals surface area contributed by atoms with Crippen LogP contribution in [0, 0.1) is 6.92 Å². The molecular weight excluding hydrogens is 288 g/mol. The predicted molar refractivity (Wildman–Crippen MR) is 83.0 cm³/mol. The maximum Gasteiger partial charge on any atom is 0.242 e. The molecule has 2 aromatic carbocycles. The van der Waals surface area contributed by atoms with Crippen LogP contribution in [0.3, 0.4) is 0 Å². The van der Waals surface area contributed by atoms with Crippen molar-refractivity contribution < 1.29 is 13.2 Å². The van der Waals surface area contributed by atoms with Crippen molar-refractivity contribution in [1.29, 1.82) is 0 Å². The van der Waals surface area contributed by atoms with Gasteiger partial charge in [0.1, 0.15) is 5.75 Å². The lowest BCUT2D eigenvalue weighted by Gasteiger charge is -2.15. The molecule has 0 bridgehead atoms. The van der Waals surface area contributed by atoms with Crippen LogP contribution in [0.1, 0.15) is 5.56 Å². The first-order chi connectivity index (χ1) is 9.82. The van der Waals surface area contributed by atoms with E-state index in [1.54, 1.807) is 0 Å². The zero-order valence-corrected chi connectivity index (χ0v) is 13.0. The van der Waals surface area contributed by atoms with Crippen LogP contribution in [0.2, 0.25) is 0 Å². The van der Waals surface area contributed by atoms with Gasteiger partial charge < -0.3 is 10.5 Å². The highest BCUT2D eigenvalue weighted by Crippen LogP contribution is 2.32. The molecule has 0 atom stereocenters. The molecule has 0 unspecified atom stereocenters. The number of nitrogens with two attached hydrogens (primary N) is 1. The van der Waals surface area contributed by atoms with Crippen molar-refractivity contribution in [3.8, 4) is 11.5 Å². The third-order valence-electron chi connectivity index (χ3n) is 3.08. The minimum Gasteiger partial charge on any atom is -0.455 e. The molecule has 0 aliphatic heterocycles. The van der Waals surface area contributed by atoms with Crippen molar-refractivity contribution >= 4 is 15.7 Å². The normalized spacial score (nSPS) is 11.6. The highest BCUT2D eigenvalue weighted by molar-refractivity contribution is 7.89. The standard InChI is InChI=1S/C15H18N2O3S/c1-11-6-4-5-7-14(11)20-15-10-12(8-9-13(15)16)21(18,19)17(2)3/h4-10H,16H2,1-3H3. The molecule has 0 aromatic heterocycles. The van der Waals surface area contributed by atoms with Crippen LogP contribution in [-0.4, -0.2) is 26.8 Å². The number of para-hydroxylation sites is 1. The van der Waals surface area contributed by atoms with E-state index in [1.807, 2.05) is 31.2 Å².